The van der Waals surface area contributed by atoms with E-state index in [2.05, 4.69) is 22.3 Å². The average molecular weight is 434 g/mol. The van der Waals surface area contributed by atoms with Gasteiger partial charge in [0.15, 0.2) is 0 Å². The molecule has 2 atom stereocenters. The first-order valence-electron chi connectivity index (χ1n) is 10.9. The number of carbonyl (C=O) groups is 3. The Balaban J connectivity index is 1.38. The minimum Gasteiger partial charge on any atom is -0.481 e. The summed E-state index contributed by atoms with van der Waals surface area (Å²) in [5.41, 5.74) is 2.17. The molecule has 2 N–H and O–H groups in total. The van der Waals surface area contributed by atoms with Gasteiger partial charge in [0.25, 0.3) is 5.91 Å². The number of hydrogen-bond acceptors (Lipinski definition) is 4. The maximum Gasteiger partial charge on any atom is 0.307 e. The molecule has 2 aromatic rings. The first-order valence-corrected chi connectivity index (χ1v) is 10.9. The van der Waals surface area contributed by atoms with Gasteiger partial charge >= 0.3 is 5.97 Å². The Labute approximate surface area is 187 Å². The number of nitrogens with zero attached hydrogens (tertiary/aromatic N) is 2. The van der Waals surface area contributed by atoms with E-state index in [0.29, 0.717) is 37.2 Å². The van der Waals surface area contributed by atoms with Crippen LogP contribution in [0.15, 0.2) is 66.7 Å². The van der Waals surface area contributed by atoms with Crippen molar-refractivity contribution in [2.24, 2.45) is 11.8 Å². The highest BCUT2D eigenvalue weighted by Gasteiger charge is 2.34. The zero-order valence-electron chi connectivity index (χ0n) is 17.8. The molecule has 0 unspecified atom stereocenters. The third-order valence-corrected chi connectivity index (χ3v) is 6.15. The summed E-state index contributed by atoms with van der Waals surface area (Å²) in [6.07, 6.45) is 4.39. The van der Waals surface area contributed by atoms with Crippen molar-refractivity contribution in [3.8, 4) is 0 Å². The third-order valence-electron chi connectivity index (χ3n) is 6.15. The quantitative estimate of drug-likeness (QED) is 0.707. The molecule has 1 aliphatic heterocycles. The number of carboxylic acid groups (broad SMARTS) is 1. The highest BCUT2D eigenvalue weighted by Crippen LogP contribution is 2.27. The molecular formula is C25H27N3O4. The molecule has 32 heavy (non-hydrogen) atoms. The third kappa shape index (κ3) is 4.82. The molecular weight excluding hydrogens is 406 g/mol. The predicted molar refractivity (Wildman–Crippen MR) is 123 cm³/mol. The number of nitrogens with one attached hydrogen (secondary N) is 1. The lowest BCUT2D eigenvalue weighted by atomic mass is 9.82. The first-order chi connectivity index (χ1) is 15.5. The van der Waals surface area contributed by atoms with Crippen molar-refractivity contribution in [3.63, 3.8) is 0 Å². The van der Waals surface area contributed by atoms with Crippen LogP contribution in [0.25, 0.3) is 0 Å². The molecule has 2 amide bonds. The molecule has 1 heterocycles. The van der Waals surface area contributed by atoms with Gasteiger partial charge in [-0.25, -0.2) is 0 Å². The van der Waals surface area contributed by atoms with Crippen molar-refractivity contribution in [2.75, 3.05) is 36.4 Å². The Morgan fingerprint density at radius 2 is 1.53 bits per heavy atom. The van der Waals surface area contributed by atoms with Crippen LogP contribution in [0.5, 0.6) is 0 Å². The molecule has 7 nitrogen and oxygen atoms in total. The molecule has 1 fully saturated rings. The number of anilines is 2. The molecule has 166 valence electrons. The van der Waals surface area contributed by atoms with E-state index in [1.165, 1.54) is 0 Å². The predicted octanol–water partition coefficient (Wildman–Crippen LogP) is 3.25. The van der Waals surface area contributed by atoms with E-state index in [4.69, 9.17) is 0 Å². The van der Waals surface area contributed by atoms with Crippen molar-refractivity contribution >= 4 is 29.2 Å². The van der Waals surface area contributed by atoms with Gasteiger partial charge in [-0.15, -0.1) is 0 Å². The lowest BCUT2D eigenvalue weighted by Crippen LogP contribution is -2.48. The van der Waals surface area contributed by atoms with Gasteiger partial charge in [0, 0.05) is 43.1 Å². The van der Waals surface area contributed by atoms with E-state index in [0.717, 1.165) is 18.8 Å². The number of amides is 2. The number of benzene rings is 2. The number of carbonyl (C=O) groups excluding carboxylic acids is 2. The van der Waals surface area contributed by atoms with E-state index in [1.807, 2.05) is 29.2 Å². The van der Waals surface area contributed by atoms with E-state index in [-0.39, 0.29) is 11.8 Å². The van der Waals surface area contributed by atoms with E-state index >= 15 is 0 Å². The summed E-state index contributed by atoms with van der Waals surface area (Å²) in [5.74, 6) is -2.72. The van der Waals surface area contributed by atoms with Gasteiger partial charge in [-0.3, -0.25) is 14.4 Å². The molecule has 1 saturated heterocycles. The summed E-state index contributed by atoms with van der Waals surface area (Å²) in [7, 11) is 0. The molecule has 0 aromatic heterocycles. The Kier molecular flexibility index (Phi) is 6.54. The molecule has 4 rings (SSSR count). The van der Waals surface area contributed by atoms with Crippen LogP contribution in [0, 0.1) is 11.8 Å². The van der Waals surface area contributed by atoms with Gasteiger partial charge in [0.1, 0.15) is 0 Å². The lowest BCUT2D eigenvalue weighted by Gasteiger charge is -2.36. The van der Waals surface area contributed by atoms with Crippen LogP contribution in [-0.2, 0) is 9.59 Å². The summed E-state index contributed by atoms with van der Waals surface area (Å²) < 4.78 is 0. The van der Waals surface area contributed by atoms with Crippen LogP contribution < -0.4 is 10.2 Å². The second kappa shape index (κ2) is 9.68. The van der Waals surface area contributed by atoms with E-state index in [9.17, 15) is 19.5 Å². The van der Waals surface area contributed by atoms with Gasteiger partial charge < -0.3 is 20.2 Å². The minimum atomic E-state index is -0.965. The number of hydrogen-bond donors (Lipinski definition) is 2. The summed E-state index contributed by atoms with van der Waals surface area (Å²) in [6, 6.07) is 17.0. The Morgan fingerprint density at radius 1 is 0.844 bits per heavy atom. The van der Waals surface area contributed by atoms with Crippen molar-refractivity contribution in [1.82, 2.24) is 4.90 Å². The maximum absolute atomic E-state index is 13.0. The molecule has 0 bridgehead atoms. The van der Waals surface area contributed by atoms with Crippen molar-refractivity contribution < 1.29 is 19.5 Å². The fraction of sp³-hybridized carbons (Fsp3) is 0.320. The van der Waals surface area contributed by atoms with Crippen LogP contribution >= 0.6 is 0 Å². The molecule has 0 saturated carbocycles. The van der Waals surface area contributed by atoms with Crippen LogP contribution in [-0.4, -0.2) is 54.0 Å². The normalized spacial score (nSPS) is 20.6. The van der Waals surface area contributed by atoms with E-state index < -0.39 is 17.8 Å². The molecule has 0 spiro atoms. The number of aliphatic carboxylic acids is 1. The molecule has 7 heteroatoms. The van der Waals surface area contributed by atoms with Crippen molar-refractivity contribution in [2.45, 2.75) is 12.8 Å². The van der Waals surface area contributed by atoms with Gasteiger partial charge in [0.2, 0.25) is 5.91 Å². The van der Waals surface area contributed by atoms with Crippen LogP contribution in [0.3, 0.4) is 0 Å². The summed E-state index contributed by atoms with van der Waals surface area (Å²) >= 11 is 0. The number of para-hydroxylation sites is 1. The monoisotopic (exact) mass is 433 g/mol. The molecule has 2 aromatic carbocycles. The van der Waals surface area contributed by atoms with Crippen molar-refractivity contribution in [3.05, 3.63) is 72.3 Å². The SMILES string of the molecule is O=C(Nc1cccc(C(=O)N2CCN(c3ccccc3)CC2)c1)[C@H]1CC=CC[C@H]1C(=O)O. The summed E-state index contributed by atoms with van der Waals surface area (Å²) in [4.78, 5) is 41.3. The Bertz CT molecular complexity index is 1010. The van der Waals surface area contributed by atoms with Crippen LogP contribution in [0.4, 0.5) is 11.4 Å². The lowest BCUT2D eigenvalue weighted by molar-refractivity contribution is -0.146. The maximum atomic E-state index is 13.0. The van der Waals surface area contributed by atoms with E-state index in [1.54, 1.807) is 30.3 Å². The molecule has 1 aliphatic carbocycles. The number of carboxylic acids is 1. The van der Waals surface area contributed by atoms with Gasteiger partial charge in [-0.05, 0) is 43.2 Å². The summed E-state index contributed by atoms with van der Waals surface area (Å²) in [5, 5.41) is 12.2. The van der Waals surface area contributed by atoms with Crippen molar-refractivity contribution in [1.29, 1.82) is 0 Å². The fourth-order valence-electron chi connectivity index (χ4n) is 4.33. The second-order valence-corrected chi connectivity index (χ2v) is 8.18. The fourth-order valence-corrected chi connectivity index (χ4v) is 4.33. The van der Waals surface area contributed by atoms with Gasteiger partial charge in [0.05, 0.1) is 11.8 Å². The van der Waals surface area contributed by atoms with Gasteiger partial charge in [-0.1, -0.05) is 36.4 Å². The Morgan fingerprint density at radius 3 is 2.22 bits per heavy atom. The highest BCUT2D eigenvalue weighted by atomic mass is 16.4. The average Bonchev–Trinajstić information content (AvgIpc) is 2.84. The number of rotatable bonds is 5. The van der Waals surface area contributed by atoms with Crippen LogP contribution in [0.2, 0.25) is 0 Å². The topological polar surface area (TPSA) is 90.0 Å². The summed E-state index contributed by atoms with van der Waals surface area (Å²) in [6.45, 7) is 2.77. The smallest absolute Gasteiger partial charge is 0.307 e. The zero-order valence-corrected chi connectivity index (χ0v) is 17.8. The Hall–Kier alpha value is -3.61. The number of piperazine rings is 1. The molecule has 0 radical (unpaired) electrons. The minimum absolute atomic E-state index is 0.0715. The van der Waals surface area contributed by atoms with Gasteiger partial charge in [-0.2, -0.15) is 0 Å². The second-order valence-electron chi connectivity index (χ2n) is 8.18. The highest BCUT2D eigenvalue weighted by molar-refractivity contribution is 5.98. The largest absolute Gasteiger partial charge is 0.481 e. The zero-order chi connectivity index (χ0) is 22.5. The first kappa shape index (κ1) is 21.6. The standard InChI is InChI=1S/C25H27N3O4/c29-23(21-11-4-5-12-22(21)25(31)32)26-19-8-6-7-18(17-19)24(30)28-15-13-27(14-16-28)20-9-2-1-3-10-20/h1-10,17,21-22H,11-16H2,(H,26,29)(H,31,32)/t21-,22+/m0/s1. The molecule has 2 aliphatic rings. The number of allylic oxidation sites excluding steroid dienone is 2. The van der Waals surface area contributed by atoms with Crippen LogP contribution in [0.1, 0.15) is 23.2 Å².